The number of thiophene rings is 1. The van der Waals surface area contributed by atoms with E-state index in [1.165, 1.54) is 11.3 Å². The van der Waals surface area contributed by atoms with Crippen LogP contribution in [-0.4, -0.2) is 30.0 Å². The maximum atomic E-state index is 13.2. The number of allylic oxidation sites excluding steroid dienone is 2. The molecule has 0 saturated heterocycles. The third-order valence-electron chi connectivity index (χ3n) is 5.80. The van der Waals surface area contributed by atoms with Crippen molar-refractivity contribution < 1.29 is 24.2 Å². The van der Waals surface area contributed by atoms with Crippen LogP contribution in [0.25, 0.3) is 0 Å². The molecular formula is C23H24N2O5S. The average molecular weight is 441 g/mol. The van der Waals surface area contributed by atoms with Crippen molar-refractivity contribution in [1.29, 1.82) is 0 Å². The molecule has 2 amide bonds. The predicted octanol–water partition coefficient (Wildman–Crippen LogP) is 4.10. The normalized spacial score (nSPS) is 19.5. The van der Waals surface area contributed by atoms with Crippen LogP contribution in [0, 0.1) is 11.8 Å². The van der Waals surface area contributed by atoms with Crippen LogP contribution in [0.15, 0.2) is 36.4 Å². The van der Waals surface area contributed by atoms with Gasteiger partial charge in [-0.3, -0.25) is 14.4 Å². The van der Waals surface area contributed by atoms with Gasteiger partial charge in [-0.2, -0.15) is 0 Å². The third kappa shape index (κ3) is 4.34. The van der Waals surface area contributed by atoms with Crippen LogP contribution < -0.4 is 15.4 Å². The molecule has 31 heavy (non-hydrogen) atoms. The van der Waals surface area contributed by atoms with Gasteiger partial charge in [0.2, 0.25) is 5.91 Å². The first-order chi connectivity index (χ1) is 15.0. The Morgan fingerprint density at radius 1 is 1.10 bits per heavy atom. The van der Waals surface area contributed by atoms with E-state index >= 15 is 0 Å². The summed E-state index contributed by atoms with van der Waals surface area (Å²) in [6.45, 7) is 0. The summed E-state index contributed by atoms with van der Waals surface area (Å²) in [5.41, 5.74) is 2.05. The molecule has 2 aromatic rings. The first-order valence-electron chi connectivity index (χ1n) is 10.3. The zero-order valence-corrected chi connectivity index (χ0v) is 18.0. The Morgan fingerprint density at radius 3 is 2.61 bits per heavy atom. The standard InChI is InChI=1S/C23H24N2O5S/c1-30-14-7-4-6-13(12-14)24-21(27)19-17-10-5-11-18(17)31-22(19)25-20(26)15-8-2-3-9-16(15)23(28)29/h2-4,6-7,12,15-16H,5,8-11H2,1H3,(H,24,27)(H,25,26)(H,28,29). The summed E-state index contributed by atoms with van der Waals surface area (Å²) < 4.78 is 5.21. The van der Waals surface area contributed by atoms with Crippen molar-refractivity contribution in [1.82, 2.24) is 0 Å². The van der Waals surface area contributed by atoms with Crippen molar-refractivity contribution in [3.05, 3.63) is 52.4 Å². The molecule has 0 radical (unpaired) electrons. The fraction of sp³-hybridized carbons (Fsp3) is 0.348. The largest absolute Gasteiger partial charge is 0.497 e. The molecule has 2 atom stereocenters. The number of nitrogens with one attached hydrogen (secondary N) is 2. The number of carboxylic acid groups (broad SMARTS) is 1. The highest BCUT2D eigenvalue weighted by Crippen LogP contribution is 2.40. The monoisotopic (exact) mass is 440 g/mol. The van der Waals surface area contributed by atoms with Crippen LogP contribution in [0.4, 0.5) is 10.7 Å². The third-order valence-corrected chi connectivity index (χ3v) is 7.01. The topological polar surface area (TPSA) is 105 Å². The number of amides is 2. The van der Waals surface area contributed by atoms with Crippen molar-refractivity contribution >= 4 is 39.8 Å². The Morgan fingerprint density at radius 2 is 1.87 bits per heavy atom. The number of carbonyl (C=O) groups is 3. The number of hydrogen-bond acceptors (Lipinski definition) is 5. The Labute approximate surface area is 184 Å². The van der Waals surface area contributed by atoms with Gasteiger partial charge < -0.3 is 20.5 Å². The van der Waals surface area contributed by atoms with E-state index in [4.69, 9.17) is 4.74 Å². The van der Waals surface area contributed by atoms with Gasteiger partial charge in [-0.15, -0.1) is 11.3 Å². The maximum absolute atomic E-state index is 13.2. The lowest BCUT2D eigenvalue weighted by atomic mass is 9.82. The van der Waals surface area contributed by atoms with E-state index in [-0.39, 0.29) is 11.8 Å². The number of ether oxygens (including phenoxy) is 1. The number of benzene rings is 1. The summed E-state index contributed by atoms with van der Waals surface area (Å²) in [6.07, 6.45) is 6.98. The molecule has 7 nitrogen and oxygen atoms in total. The number of carboxylic acids is 1. The molecular weight excluding hydrogens is 416 g/mol. The zero-order chi connectivity index (χ0) is 22.0. The van der Waals surface area contributed by atoms with Gasteiger partial charge in [0, 0.05) is 16.6 Å². The number of methoxy groups -OCH3 is 1. The van der Waals surface area contributed by atoms with Gasteiger partial charge in [0.1, 0.15) is 10.8 Å². The number of anilines is 2. The minimum atomic E-state index is -0.978. The van der Waals surface area contributed by atoms with Crippen molar-refractivity contribution in [3.63, 3.8) is 0 Å². The summed E-state index contributed by atoms with van der Waals surface area (Å²) in [6, 6.07) is 7.09. The highest BCUT2D eigenvalue weighted by atomic mass is 32.1. The first kappa shape index (κ1) is 21.1. The number of carbonyl (C=O) groups excluding carboxylic acids is 2. The minimum Gasteiger partial charge on any atom is -0.497 e. The van der Waals surface area contributed by atoms with Crippen LogP contribution in [0.1, 0.15) is 40.1 Å². The van der Waals surface area contributed by atoms with Crippen LogP contribution in [-0.2, 0) is 22.4 Å². The highest BCUT2D eigenvalue weighted by Gasteiger charge is 2.35. The van der Waals surface area contributed by atoms with Gasteiger partial charge in [-0.05, 0) is 49.8 Å². The summed E-state index contributed by atoms with van der Waals surface area (Å²) in [7, 11) is 1.56. The number of fused-ring (bicyclic) bond motifs is 1. The van der Waals surface area contributed by atoms with Crippen LogP contribution >= 0.6 is 11.3 Å². The molecule has 3 N–H and O–H groups in total. The van der Waals surface area contributed by atoms with Gasteiger partial charge in [-0.1, -0.05) is 18.2 Å². The molecule has 0 spiro atoms. The van der Waals surface area contributed by atoms with E-state index in [0.717, 1.165) is 29.7 Å². The number of hydrogen-bond donors (Lipinski definition) is 3. The van der Waals surface area contributed by atoms with Gasteiger partial charge in [-0.25, -0.2) is 0 Å². The molecule has 4 rings (SSSR count). The molecule has 0 aliphatic heterocycles. The minimum absolute atomic E-state index is 0.290. The van der Waals surface area contributed by atoms with Gasteiger partial charge in [0.15, 0.2) is 0 Å². The molecule has 0 saturated carbocycles. The zero-order valence-electron chi connectivity index (χ0n) is 17.1. The summed E-state index contributed by atoms with van der Waals surface area (Å²) >= 11 is 1.41. The number of rotatable bonds is 6. The molecule has 0 bridgehead atoms. The Kier molecular flexibility index (Phi) is 6.08. The van der Waals surface area contributed by atoms with E-state index in [1.54, 1.807) is 37.5 Å². The fourth-order valence-electron chi connectivity index (χ4n) is 4.21. The van der Waals surface area contributed by atoms with Gasteiger partial charge in [0.25, 0.3) is 5.91 Å². The lowest BCUT2D eigenvalue weighted by Crippen LogP contribution is -2.35. The van der Waals surface area contributed by atoms with Crippen LogP contribution in [0.3, 0.4) is 0 Å². The Bertz CT molecular complexity index is 1060. The molecule has 162 valence electrons. The van der Waals surface area contributed by atoms with E-state index in [2.05, 4.69) is 10.6 Å². The lowest BCUT2D eigenvalue weighted by molar-refractivity contribution is -0.146. The molecule has 2 aliphatic carbocycles. The van der Waals surface area contributed by atoms with Crippen molar-refractivity contribution in [3.8, 4) is 5.75 Å². The number of aliphatic carboxylic acids is 1. The summed E-state index contributed by atoms with van der Waals surface area (Å²) in [5, 5.41) is 15.8. The van der Waals surface area contributed by atoms with Gasteiger partial charge >= 0.3 is 5.97 Å². The second-order valence-corrected chi connectivity index (χ2v) is 8.84. The van der Waals surface area contributed by atoms with Crippen LogP contribution in [0.2, 0.25) is 0 Å². The average Bonchev–Trinajstić information content (AvgIpc) is 3.34. The molecule has 1 heterocycles. The van der Waals surface area contributed by atoms with Crippen molar-refractivity contribution in [2.75, 3.05) is 17.7 Å². The summed E-state index contributed by atoms with van der Waals surface area (Å²) in [4.78, 5) is 38.8. The van der Waals surface area contributed by atoms with E-state index in [9.17, 15) is 19.5 Å². The SMILES string of the molecule is COc1cccc(NC(=O)c2c(NC(=O)C3CC=CCC3C(=O)O)sc3c2CCC3)c1. The van der Waals surface area contributed by atoms with Crippen molar-refractivity contribution in [2.24, 2.45) is 11.8 Å². The van der Waals surface area contributed by atoms with Crippen LogP contribution in [0.5, 0.6) is 5.75 Å². The lowest BCUT2D eigenvalue weighted by Gasteiger charge is -2.24. The molecule has 1 aromatic heterocycles. The quantitative estimate of drug-likeness (QED) is 0.587. The summed E-state index contributed by atoms with van der Waals surface area (Å²) in [5.74, 6) is -2.41. The molecule has 8 heteroatoms. The predicted molar refractivity (Wildman–Crippen MR) is 119 cm³/mol. The Hall–Kier alpha value is -3.13. The molecule has 2 aliphatic rings. The Balaban J connectivity index is 1.59. The molecule has 0 fully saturated rings. The van der Waals surface area contributed by atoms with Crippen molar-refractivity contribution in [2.45, 2.75) is 32.1 Å². The smallest absolute Gasteiger partial charge is 0.307 e. The fourth-order valence-corrected chi connectivity index (χ4v) is 5.50. The molecule has 2 unspecified atom stereocenters. The highest BCUT2D eigenvalue weighted by molar-refractivity contribution is 7.17. The van der Waals surface area contributed by atoms with E-state index in [1.807, 2.05) is 6.08 Å². The number of aryl methyl sites for hydroxylation is 1. The van der Waals surface area contributed by atoms with E-state index in [0.29, 0.717) is 34.8 Å². The first-order valence-corrected chi connectivity index (χ1v) is 11.1. The molecule has 1 aromatic carbocycles. The maximum Gasteiger partial charge on any atom is 0.307 e. The van der Waals surface area contributed by atoms with Gasteiger partial charge in [0.05, 0.1) is 24.5 Å². The second kappa shape index (κ2) is 8.93. The van der Waals surface area contributed by atoms with E-state index < -0.39 is 17.8 Å². The second-order valence-electron chi connectivity index (χ2n) is 7.73.